The van der Waals surface area contributed by atoms with Crippen LogP contribution < -0.4 is 9.47 Å². The predicted octanol–water partition coefficient (Wildman–Crippen LogP) is 3.95. The van der Waals surface area contributed by atoms with Crippen LogP contribution in [-0.2, 0) is 0 Å². The standard InChI is InChI=1S/C24H16N2O4/c25-11-13-29-21-16-20(24(28)18-9-5-2-6-10-18)22(30-14-12-26)15-19(21)23(27)17-7-3-1-4-8-17/h1-10,15-16H,13-14H2. The molecule has 0 amide bonds. The lowest BCUT2D eigenvalue weighted by Crippen LogP contribution is -2.11. The van der Waals surface area contributed by atoms with E-state index < -0.39 is 0 Å². The molecule has 3 rings (SSSR count). The van der Waals surface area contributed by atoms with E-state index in [4.69, 9.17) is 20.0 Å². The summed E-state index contributed by atoms with van der Waals surface area (Å²) < 4.78 is 10.9. The molecule has 3 aromatic carbocycles. The zero-order chi connectivity index (χ0) is 21.3. The van der Waals surface area contributed by atoms with E-state index >= 15 is 0 Å². The lowest BCUT2D eigenvalue weighted by atomic mass is 9.96. The summed E-state index contributed by atoms with van der Waals surface area (Å²) in [7, 11) is 0. The molecular formula is C24H16N2O4. The van der Waals surface area contributed by atoms with Crippen molar-refractivity contribution in [3.63, 3.8) is 0 Å². The summed E-state index contributed by atoms with van der Waals surface area (Å²) in [6, 6.07) is 23.6. The Morgan fingerprint density at radius 2 is 1.03 bits per heavy atom. The minimum atomic E-state index is -0.357. The molecule has 3 aromatic rings. The van der Waals surface area contributed by atoms with E-state index in [0.29, 0.717) is 11.1 Å². The van der Waals surface area contributed by atoms with Crippen molar-refractivity contribution < 1.29 is 19.1 Å². The summed E-state index contributed by atoms with van der Waals surface area (Å²) >= 11 is 0. The Morgan fingerprint density at radius 3 is 1.37 bits per heavy atom. The van der Waals surface area contributed by atoms with Gasteiger partial charge in [0.1, 0.15) is 23.6 Å². The normalized spacial score (nSPS) is 9.80. The van der Waals surface area contributed by atoms with Gasteiger partial charge in [-0.2, -0.15) is 10.5 Å². The minimum Gasteiger partial charge on any atom is -0.478 e. The van der Waals surface area contributed by atoms with E-state index in [2.05, 4.69) is 0 Å². The molecule has 0 radical (unpaired) electrons. The molecule has 0 aromatic heterocycles. The van der Waals surface area contributed by atoms with Crippen molar-refractivity contribution in [2.24, 2.45) is 0 Å². The predicted molar refractivity (Wildman–Crippen MR) is 108 cm³/mol. The number of carbonyl (C=O) groups excluding carboxylic acids is 2. The average Bonchev–Trinajstić information content (AvgIpc) is 2.81. The number of carbonyl (C=O) groups is 2. The van der Waals surface area contributed by atoms with Gasteiger partial charge in [-0.15, -0.1) is 0 Å². The highest BCUT2D eigenvalue weighted by Gasteiger charge is 2.23. The molecule has 0 unspecified atom stereocenters. The molecule has 6 heteroatoms. The molecule has 0 fully saturated rings. The smallest absolute Gasteiger partial charge is 0.196 e. The molecule has 0 saturated carbocycles. The molecule has 146 valence electrons. The van der Waals surface area contributed by atoms with Gasteiger partial charge in [-0.3, -0.25) is 9.59 Å². The van der Waals surface area contributed by atoms with E-state index in [1.807, 2.05) is 12.1 Å². The highest BCUT2D eigenvalue weighted by molar-refractivity contribution is 6.14. The minimum absolute atomic E-state index is 0.0917. The monoisotopic (exact) mass is 396 g/mol. The molecule has 30 heavy (non-hydrogen) atoms. The molecule has 0 saturated heterocycles. The van der Waals surface area contributed by atoms with E-state index in [9.17, 15) is 9.59 Å². The Bertz CT molecular complexity index is 1050. The maximum absolute atomic E-state index is 13.0. The van der Waals surface area contributed by atoms with Crippen LogP contribution in [0.25, 0.3) is 0 Å². The molecule has 0 bridgehead atoms. The van der Waals surface area contributed by atoms with Crippen molar-refractivity contribution in [1.82, 2.24) is 0 Å². The largest absolute Gasteiger partial charge is 0.478 e. The number of hydrogen-bond donors (Lipinski definition) is 0. The van der Waals surface area contributed by atoms with Gasteiger partial charge in [0.2, 0.25) is 0 Å². The molecule has 0 aliphatic carbocycles. The van der Waals surface area contributed by atoms with Gasteiger partial charge < -0.3 is 9.47 Å². The number of benzene rings is 3. The first kappa shape index (κ1) is 20.3. The molecule has 0 heterocycles. The van der Waals surface area contributed by atoms with Crippen molar-refractivity contribution in [3.05, 3.63) is 95.1 Å². The Balaban J connectivity index is 2.15. The van der Waals surface area contributed by atoms with Gasteiger partial charge in [-0.05, 0) is 12.1 Å². The number of rotatable bonds is 8. The summed E-state index contributed by atoms with van der Waals surface area (Å²) in [4.78, 5) is 26.1. The number of nitriles is 2. The SMILES string of the molecule is N#CCOc1cc(C(=O)c2ccccc2)c(OCC#N)cc1C(=O)c1ccccc1. The second-order valence-corrected chi connectivity index (χ2v) is 6.13. The summed E-state index contributed by atoms with van der Waals surface area (Å²) in [6.45, 7) is -0.598. The van der Waals surface area contributed by atoms with Gasteiger partial charge in [-0.1, -0.05) is 60.7 Å². The van der Waals surface area contributed by atoms with Crippen LogP contribution in [0, 0.1) is 22.7 Å². The van der Waals surface area contributed by atoms with Crippen LogP contribution in [-0.4, -0.2) is 24.8 Å². The van der Waals surface area contributed by atoms with E-state index in [1.54, 1.807) is 60.7 Å². The molecule has 0 aliphatic heterocycles. The number of ether oxygens (including phenoxy) is 2. The lowest BCUT2D eigenvalue weighted by Gasteiger charge is -2.15. The third-order valence-electron chi connectivity index (χ3n) is 4.23. The van der Waals surface area contributed by atoms with Crippen LogP contribution in [0.5, 0.6) is 11.5 Å². The fourth-order valence-electron chi connectivity index (χ4n) is 2.86. The van der Waals surface area contributed by atoms with Crippen LogP contribution in [0.15, 0.2) is 72.8 Å². The summed E-state index contributed by atoms with van der Waals surface area (Å²) in [5.74, 6) is -0.531. The Morgan fingerprint density at radius 1 is 0.667 bits per heavy atom. The number of hydrogen-bond acceptors (Lipinski definition) is 6. The fourth-order valence-corrected chi connectivity index (χ4v) is 2.86. The fraction of sp³-hybridized carbons (Fsp3) is 0.0833. The zero-order valence-corrected chi connectivity index (χ0v) is 15.9. The van der Waals surface area contributed by atoms with Crippen molar-refractivity contribution >= 4 is 11.6 Å². The van der Waals surface area contributed by atoms with Gasteiger partial charge >= 0.3 is 0 Å². The molecule has 6 nitrogen and oxygen atoms in total. The maximum Gasteiger partial charge on any atom is 0.196 e. The number of nitrogens with zero attached hydrogens (tertiary/aromatic N) is 2. The second kappa shape index (κ2) is 9.68. The van der Waals surface area contributed by atoms with Gasteiger partial charge in [0.05, 0.1) is 11.1 Å². The topological polar surface area (TPSA) is 100 Å². The van der Waals surface area contributed by atoms with Crippen LogP contribution >= 0.6 is 0 Å². The van der Waals surface area contributed by atoms with Gasteiger partial charge in [0.15, 0.2) is 24.8 Å². The maximum atomic E-state index is 13.0. The first-order valence-corrected chi connectivity index (χ1v) is 9.02. The van der Waals surface area contributed by atoms with Crippen LogP contribution in [0.3, 0.4) is 0 Å². The second-order valence-electron chi connectivity index (χ2n) is 6.13. The molecule has 0 N–H and O–H groups in total. The highest BCUT2D eigenvalue weighted by Crippen LogP contribution is 2.32. The molecule has 0 atom stereocenters. The van der Waals surface area contributed by atoms with Gasteiger partial charge in [0.25, 0.3) is 0 Å². The van der Waals surface area contributed by atoms with Crippen LogP contribution in [0.2, 0.25) is 0 Å². The molecule has 0 aliphatic rings. The third kappa shape index (κ3) is 4.52. The Labute approximate surface area is 173 Å². The summed E-state index contributed by atoms with van der Waals surface area (Å²) in [6.07, 6.45) is 0. The molecular weight excluding hydrogens is 380 g/mol. The summed E-state index contributed by atoms with van der Waals surface area (Å²) in [5.41, 5.74) is 1.09. The lowest BCUT2D eigenvalue weighted by molar-refractivity contribution is 0.102. The van der Waals surface area contributed by atoms with Crippen molar-refractivity contribution in [3.8, 4) is 23.6 Å². The van der Waals surface area contributed by atoms with Gasteiger partial charge in [0, 0.05) is 11.1 Å². The van der Waals surface area contributed by atoms with E-state index in [0.717, 1.165) is 0 Å². The van der Waals surface area contributed by atoms with Crippen molar-refractivity contribution in [1.29, 1.82) is 10.5 Å². The first-order valence-electron chi connectivity index (χ1n) is 9.02. The first-order chi connectivity index (χ1) is 14.7. The van der Waals surface area contributed by atoms with Crippen LogP contribution in [0.4, 0.5) is 0 Å². The van der Waals surface area contributed by atoms with E-state index in [1.165, 1.54) is 12.1 Å². The Hall–Kier alpha value is -4.42. The highest BCUT2D eigenvalue weighted by atomic mass is 16.5. The molecule has 0 spiro atoms. The number of ketones is 2. The third-order valence-corrected chi connectivity index (χ3v) is 4.23. The summed E-state index contributed by atoms with van der Waals surface area (Å²) in [5, 5.41) is 17.8. The van der Waals surface area contributed by atoms with Gasteiger partial charge in [-0.25, -0.2) is 0 Å². The quantitative estimate of drug-likeness (QED) is 0.535. The van der Waals surface area contributed by atoms with Crippen molar-refractivity contribution in [2.45, 2.75) is 0 Å². The van der Waals surface area contributed by atoms with Crippen molar-refractivity contribution in [2.75, 3.05) is 13.2 Å². The zero-order valence-electron chi connectivity index (χ0n) is 15.9. The van der Waals surface area contributed by atoms with E-state index in [-0.39, 0.29) is 47.4 Å². The Kier molecular flexibility index (Phi) is 6.55. The van der Waals surface area contributed by atoms with Crippen LogP contribution in [0.1, 0.15) is 31.8 Å². The average molecular weight is 396 g/mol.